The maximum absolute atomic E-state index is 12.8. The lowest BCUT2D eigenvalue weighted by molar-refractivity contribution is -0.116. The Hall–Kier alpha value is -1.09. The van der Waals surface area contributed by atoms with Gasteiger partial charge in [-0.15, -0.1) is 11.8 Å². The van der Waals surface area contributed by atoms with Crippen LogP contribution in [0, 0.1) is 0 Å². The zero-order chi connectivity index (χ0) is 16.6. The molecule has 3 rings (SSSR count). The number of fused-ring (bicyclic) bond motifs is 1. The molecule has 2 heterocycles. The summed E-state index contributed by atoms with van der Waals surface area (Å²) in [5.74, 6) is -0.0714. The van der Waals surface area contributed by atoms with Crippen LogP contribution in [0.1, 0.15) is 13.3 Å². The molecule has 2 aliphatic rings. The number of carbonyl (C=O) groups excluding carboxylic acids is 1. The number of amides is 1. The van der Waals surface area contributed by atoms with E-state index in [0.29, 0.717) is 25.2 Å². The summed E-state index contributed by atoms with van der Waals surface area (Å²) in [5.41, 5.74) is 0.597. The highest BCUT2D eigenvalue weighted by Gasteiger charge is 2.29. The first-order valence-corrected chi connectivity index (χ1v) is 9.97. The molecule has 23 heavy (non-hydrogen) atoms. The van der Waals surface area contributed by atoms with E-state index in [0.717, 1.165) is 18.0 Å². The van der Waals surface area contributed by atoms with Crippen LogP contribution >= 0.6 is 11.8 Å². The molecule has 1 aromatic carbocycles. The fraction of sp³-hybridized carbons (Fsp3) is 0.533. The summed E-state index contributed by atoms with van der Waals surface area (Å²) in [4.78, 5) is 15.1. The molecule has 0 saturated carbocycles. The van der Waals surface area contributed by atoms with Crippen LogP contribution in [0.4, 0.5) is 5.69 Å². The van der Waals surface area contributed by atoms with Crippen LogP contribution in [0.15, 0.2) is 28.0 Å². The Morgan fingerprint density at radius 1 is 1.22 bits per heavy atom. The molecule has 126 valence electrons. The van der Waals surface area contributed by atoms with Crippen LogP contribution in [-0.4, -0.2) is 62.0 Å². The lowest BCUT2D eigenvalue weighted by atomic mass is 10.3. The van der Waals surface area contributed by atoms with E-state index in [1.54, 1.807) is 30.0 Å². The molecule has 1 aromatic rings. The van der Waals surface area contributed by atoms with Gasteiger partial charge < -0.3 is 10.2 Å². The minimum atomic E-state index is -3.52. The van der Waals surface area contributed by atoms with Crippen molar-refractivity contribution in [3.63, 3.8) is 0 Å². The largest absolute Gasteiger partial charge is 0.325 e. The Morgan fingerprint density at radius 3 is 2.61 bits per heavy atom. The van der Waals surface area contributed by atoms with Crippen molar-refractivity contribution < 1.29 is 13.2 Å². The summed E-state index contributed by atoms with van der Waals surface area (Å²) in [5, 5.41) is 3.00. The van der Waals surface area contributed by atoms with Gasteiger partial charge in [0.2, 0.25) is 15.9 Å². The average molecular weight is 355 g/mol. The highest BCUT2D eigenvalue weighted by Crippen LogP contribution is 2.36. The molecule has 1 amide bonds. The van der Waals surface area contributed by atoms with E-state index >= 15 is 0 Å². The molecule has 0 radical (unpaired) electrons. The van der Waals surface area contributed by atoms with Gasteiger partial charge in [-0.05, 0) is 25.2 Å². The second-order valence-corrected chi connectivity index (χ2v) is 9.46. The van der Waals surface area contributed by atoms with E-state index in [1.807, 2.05) is 14.0 Å². The zero-order valence-corrected chi connectivity index (χ0v) is 14.9. The second-order valence-electron chi connectivity index (χ2n) is 6.05. The Balaban J connectivity index is 1.90. The molecule has 1 saturated heterocycles. The fourth-order valence-corrected chi connectivity index (χ4v) is 5.27. The fourth-order valence-electron chi connectivity index (χ4n) is 2.77. The van der Waals surface area contributed by atoms with E-state index in [-0.39, 0.29) is 16.1 Å². The van der Waals surface area contributed by atoms with Crippen molar-refractivity contribution in [1.29, 1.82) is 0 Å². The predicted octanol–water partition coefficient (Wildman–Crippen LogP) is 1.45. The quantitative estimate of drug-likeness (QED) is 0.869. The van der Waals surface area contributed by atoms with E-state index in [9.17, 15) is 13.2 Å². The number of nitrogens with one attached hydrogen (secondary N) is 1. The molecule has 0 aliphatic carbocycles. The molecule has 1 atom stereocenters. The van der Waals surface area contributed by atoms with Gasteiger partial charge in [-0.1, -0.05) is 6.92 Å². The van der Waals surface area contributed by atoms with Crippen molar-refractivity contribution in [3.8, 4) is 0 Å². The average Bonchev–Trinajstić information content (AvgIpc) is 2.63. The summed E-state index contributed by atoms with van der Waals surface area (Å²) >= 11 is 1.59. The van der Waals surface area contributed by atoms with Gasteiger partial charge in [-0.25, -0.2) is 8.42 Å². The SMILES string of the molecule is CC1CC(=O)Nc2cc(S(=O)(=O)N3CCN(C)CC3)ccc2S1. The highest BCUT2D eigenvalue weighted by atomic mass is 32.2. The number of benzene rings is 1. The van der Waals surface area contributed by atoms with Crippen LogP contribution in [0.25, 0.3) is 0 Å². The third-order valence-electron chi connectivity index (χ3n) is 4.13. The zero-order valence-electron chi connectivity index (χ0n) is 13.3. The lowest BCUT2D eigenvalue weighted by Gasteiger charge is -2.31. The summed E-state index contributed by atoms with van der Waals surface area (Å²) in [6.45, 7) is 4.44. The van der Waals surface area contributed by atoms with E-state index < -0.39 is 10.0 Å². The van der Waals surface area contributed by atoms with Gasteiger partial charge in [0.05, 0.1) is 10.6 Å². The predicted molar refractivity (Wildman–Crippen MR) is 91.3 cm³/mol. The number of hydrogen-bond acceptors (Lipinski definition) is 5. The number of anilines is 1. The summed E-state index contributed by atoms with van der Waals surface area (Å²) in [6.07, 6.45) is 0.430. The van der Waals surface area contributed by atoms with Crippen molar-refractivity contribution in [2.24, 2.45) is 0 Å². The Morgan fingerprint density at radius 2 is 1.91 bits per heavy atom. The minimum absolute atomic E-state index is 0.0714. The molecule has 1 N–H and O–H groups in total. The number of thioether (sulfide) groups is 1. The number of sulfonamides is 1. The Kier molecular flexibility index (Phi) is 4.68. The summed E-state index contributed by atoms with van der Waals surface area (Å²) < 4.78 is 27.1. The number of hydrogen-bond donors (Lipinski definition) is 1. The third kappa shape index (κ3) is 3.55. The van der Waals surface area contributed by atoms with Crippen molar-refractivity contribution in [1.82, 2.24) is 9.21 Å². The number of rotatable bonds is 2. The number of nitrogens with zero attached hydrogens (tertiary/aromatic N) is 2. The van der Waals surface area contributed by atoms with Crippen molar-refractivity contribution in [3.05, 3.63) is 18.2 Å². The van der Waals surface area contributed by atoms with Crippen LogP contribution in [0.5, 0.6) is 0 Å². The standard InChI is InChI=1S/C15H21N3O3S2/c1-11-9-15(19)16-13-10-12(3-4-14(13)22-11)23(20,21)18-7-5-17(2)6-8-18/h3-4,10-11H,5-9H2,1-2H3,(H,16,19). The van der Waals surface area contributed by atoms with Crippen molar-refractivity contribution in [2.75, 3.05) is 38.5 Å². The molecule has 0 spiro atoms. The smallest absolute Gasteiger partial charge is 0.243 e. The molecule has 2 aliphatic heterocycles. The molecule has 0 aromatic heterocycles. The molecule has 1 fully saturated rings. The van der Waals surface area contributed by atoms with E-state index in [1.165, 1.54) is 4.31 Å². The maximum Gasteiger partial charge on any atom is 0.243 e. The van der Waals surface area contributed by atoms with Gasteiger partial charge in [-0.3, -0.25) is 4.79 Å². The first kappa shape index (κ1) is 16.8. The van der Waals surface area contributed by atoms with Crippen molar-refractivity contribution in [2.45, 2.75) is 28.4 Å². The van der Waals surface area contributed by atoms with Gasteiger partial charge in [-0.2, -0.15) is 4.31 Å². The number of carbonyl (C=O) groups is 1. The van der Waals surface area contributed by atoms with Gasteiger partial charge in [0.1, 0.15) is 0 Å². The first-order valence-electron chi connectivity index (χ1n) is 7.65. The summed E-state index contributed by atoms with van der Waals surface area (Å²) in [7, 11) is -1.53. The van der Waals surface area contributed by atoms with Crippen LogP contribution in [0.2, 0.25) is 0 Å². The molecule has 8 heteroatoms. The van der Waals surface area contributed by atoms with Crippen LogP contribution in [-0.2, 0) is 14.8 Å². The third-order valence-corrected chi connectivity index (χ3v) is 7.20. The van der Waals surface area contributed by atoms with E-state index in [2.05, 4.69) is 10.2 Å². The van der Waals surface area contributed by atoms with Crippen molar-refractivity contribution >= 4 is 33.4 Å². The molecule has 6 nitrogen and oxygen atoms in total. The molecular formula is C15H21N3O3S2. The monoisotopic (exact) mass is 355 g/mol. The number of piperazine rings is 1. The normalized spacial score (nSPS) is 23.9. The Bertz CT molecular complexity index is 713. The molecule has 0 bridgehead atoms. The van der Waals surface area contributed by atoms with Gasteiger partial charge in [0.15, 0.2) is 0 Å². The minimum Gasteiger partial charge on any atom is -0.325 e. The summed E-state index contributed by atoms with van der Waals surface area (Å²) in [6, 6.07) is 5.03. The van der Waals surface area contributed by atoms with Gasteiger partial charge in [0.25, 0.3) is 0 Å². The van der Waals surface area contributed by atoms with Gasteiger partial charge >= 0.3 is 0 Å². The molecule has 1 unspecified atom stereocenters. The topological polar surface area (TPSA) is 69.7 Å². The van der Waals surface area contributed by atoms with Gasteiger partial charge in [0, 0.05) is 42.7 Å². The Labute approximate surface area is 141 Å². The van der Waals surface area contributed by atoms with Crippen LogP contribution in [0.3, 0.4) is 0 Å². The lowest BCUT2D eigenvalue weighted by Crippen LogP contribution is -2.47. The second kappa shape index (κ2) is 6.43. The van der Waals surface area contributed by atoms with Crippen LogP contribution < -0.4 is 5.32 Å². The maximum atomic E-state index is 12.8. The highest BCUT2D eigenvalue weighted by molar-refractivity contribution is 8.00. The first-order chi connectivity index (χ1) is 10.9. The molecular weight excluding hydrogens is 334 g/mol. The van der Waals surface area contributed by atoms with E-state index in [4.69, 9.17) is 0 Å². The number of likely N-dealkylation sites (N-methyl/N-ethyl adjacent to an activating group) is 1.